The van der Waals surface area contributed by atoms with E-state index in [9.17, 15) is 4.79 Å². The van der Waals surface area contributed by atoms with Crippen LogP contribution in [0.25, 0.3) is 0 Å². The van der Waals surface area contributed by atoms with E-state index in [0.29, 0.717) is 5.92 Å². The second-order valence-corrected chi connectivity index (χ2v) is 5.85. The molecular formula is C16H23NO2. The molecule has 0 aromatic heterocycles. The number of carbonyl (C=O) groups is 1. The first-order valence-corrected chi connectivity index (χ1v) is 7.05. The molecular weight excluding hydrogens is 238 g/mol. The molecule has 2 atom stereocenters. The van der Waals surface area contributed by atoms with Gasteiger partial charge in [0, 0.05) is 13.1 Å². The molecule has 19 heavy (non-hydrogen) atoms. The number of benzene rings is 1. The van der Waals surface area contributed by atoms with E-state index in [2.05, 4.69) is 36.1 Å². The first kappa shape index (κ1) is 14.1. The van der Waals surface area contributed by atoms with Gasteiger partial charge in [0.05, 0.1) is 5.92 Å². The largest absolute Gasteiger partial charge is 0.481 e. The Bertz CT molecular complexity index is 427. The van der Waals surface area contributed by atoms with Crippen LogP contribution in [-0.4, -0.2) is 29.1 Å². The van der Waals surface area contributed by atoms with Crippen LogP contribution >= 0.6 is 0 Å². The maximum absolute atomic E-state index is 10.9. The van der Waals surface area contributed by atoms with Gasteiger partial charge in [-0.3, -0.25) is 9.69 Å². The SMILES string of the molecule is Cc1ccc(CN2CCC(CC(C)C(=O)O)C2)cc1. The lowest BCUT2D eigenvalue weighted by molar-refractivity contribution is -0.141. The van der Waals surface area contributed by atoms with E-state index in [4.69, 9.17) is 5.11 Å². The molecule has 2 unspecified atom stereocenters. The summed E-state index contributed by atoms with van der Waals surface area (Å²) in [6, 6.07) is 8.66. The molecule has 104 valence electrons. The molecule has 0 amide bonds. The van der Waals surface area contributed by atoms with Crippen LogP contribution in [0, 0.1) is 18.8 Å². The topological polar surface area (TPSA) is 40.5 Å². The average Bonchev–Trinajstić information content (AvgIpc) is 2.79. The molecule has 2 rings (SSSR count). The van der Waals surface area contributed by atoms with Crippen LogP contribution in [0.2, 0.25) is 0 Å². The predicted octanol–water partition coefficient (Wildman–Crippen LogP) is 2.93. The lowest BCUT2D eigenvalue weighted by Gasteiger charge is -2.17. The number of carboxylic acids is 1. The molecule has 0 aliphatic carbocycles. The van der Waals surface area contributed by atoms with Crippen LogP contribution in [-0.2, 0) is 11.3 Å². The molecule has 1 heterocycles. The summed E-state index contributed by atoms with van der Waals surface area (Å²) in [7, 11) is 0. The number of hydrogen-bond donors (Lipinski definition) is 1. The Hall–Kier alpha value is -1.35. The summed E-state index contributed by atoms with van der Waals surface area (Å²) in [5, 5.41) is 8.96. The van der Waals surface area contributed by atoms with E-state index < -0.39 is 5.97 Å². The van der Waals surface area contributed by atoms with Crippen molar-refractivity contribution in [3.63, 3.8) is 0 Å². The Balaban J connectivity index is 1.82. The zero-order chi connectivity index (χ0) is 13.8. The monoisotopic (exact) mass is 261 g/mol. The van der Waals surface area contributed by atoms with E-state index in [-0.39, 0.29) is 5.92 Å². The summed E-state index contributed by atoms with van der Waals surface area (Å²) in [6.07, 6.45) is 1.93. The standard InChI is InChI=1S/C16H23NO2/c1-12-3-5-14(6-4-12)10-17-8-7-15(11-17)9-13(2)16(18)19/h3-6,13,15H,7-11H2,1-2H3,(H,18,19). The summed E-state index contributed by atoms with van der Waals surface area (Å²) >= 11 is 0. The van der Waals surface area contributed by atoms with Gasteiger partial charge in [0.2, 0.25) is 0 Å². The molecule has 1 N–H and O–H groups in total. The molecule has 0 saturated carbocycles. The lowest BCUT2D eigenvalue weighted by atomic mass is 9.95. The van der Waals surface area contributed by atoms with Crippen molar-refractivity contribution in [1.82, 2.24) is 4.90 Å². The molecule has 3 nitrogen and oxygen atoms in total. The number of rotatable bonds is 5. The zero-order valence-electron chi connectivity index (χ0n) is 11.8. The highest BCUT2D eigenvalue weighted by Gasteiger charge is 2.25. The second kappa shape index (κ2) is 6.20. The van der Waals surface area contributed by atoms with Crippen LogP contribution < -0.4 is 0 Å². The highest BCUT2D eigenvalue weighted by molar-refractivity contribution is 5.69. The van der Waals surface area contributed by atoms with Crippen molar-refractivity contribution >= 4 is 5.97 Å². The molecule has 1 saturated heterocycles. The molecule has 0 radical (unpaired) electrons. The van der Waals surface area contributed by atoms with Crippen molar-refractivity contribution in [2.45, 2.75) is 33.2 Å². The van der Waals surface area contributed by atoms with Gasteiger partial charge < -0.3 is 5.11 Å². The Kier molecular flexibility index (Phi) is 4.59. The maximum atomic E-state index is 10.9. The quantitative estimate of drug-likeness (QED) is 0.886. The van der Waals surface area contributed by atoms with Crippen LogP contribution in [0.15, 0.2) is 24.3 Å². The van der Waals surface area contributed by atoms with E-state index >= 15 is 0 Å². The first-order chi connectivity index (χ1) is 9.04. The van der Waals surface area contributed by atoms with Crippen LogP contribution in [0.1, 0.15) is 30.9 Å². The third-order valence-electron chi connectivity index (χ3n) is 4.01. The van der Waals surface area contributed by atoms with Gasteiger partial charge in [-0.2, -0.15) is 0 Å². The summed E-state index contributed by atoms with van der Waals surface area (Å²) in [6.45, 7) is 7.02. The van der Waals surface area contributed by atoms with Gasteiger partial charge in [-0.1, -0.05) is 36.8 Å². The lowest BCUT2D eigenvalue weighted by Crippen LogP contribution is -2.21. The van der Waals surface area contributed by atoms with Gasteiger partial charge in [0.1, 0.15) is 0 Å². The fourth-order valence-corrected chi connectivity index (χ4v) is 2.80. The maximum Gasteiger partial charge on any atom is 0.306 e. The van der Waals surface area contributed by atoms with Crippen LogP contribution in [0.4, 0.5) is 0 Å². The fraction of sp³-hybridized carbons (Fsp3) is 0.562. The third kappa shape index (κ3) is 4.06. The highest BCUT2D eigenvalue weighted by Crippen LogP contribution is 2.24. The van der Waals surface area contributed by atoms with Crippen molar-refractivity contribution in [1.29, 1.82) is 0 Å². The summed E-state index contributed by atoms with van der Waals surface area (Å²) < 4.78 is 0. The molecule has 1 aromatic rings. The Morgan fingerprint density at radius 1 is 1.42 bits per heavy atom. The number of aliphatic carboxylic acids is 1. The first-order valence-electron chi connectivity index (χ1n) is 7.05. The van der Waals surface area contributed by atoms with Crippen molar-refractivity contribution in [2.24, 2.45) is 11.8 Å². The van der Waals surface area contributed by atoms with E-state index in [0.717, 1.165) is 32.5 Å². The van der Waals surface area contributed by atoms with Gasteiger partial charge in [-0.05, 0) is 37.8 Å². The predicted molar refractivity (Wildman–Crippen MR) is 76.0 cm³/mol. The van der Waals surface area contributed by atoms with Gasteiger partial charge in [-0.15, -0.1) is 0 Å². The molecule has 0 spiro atoms. The van der Waals surface area contributed by atoms with Gasteiger partial charge >= 0.3 is 5.97 Å². The minimum atomic E-state index is -0.669. The third-order valence-corrected chi connectivity index (χ3v) is 4.01. The Morgan fingerprint density at radius 3 is 2.74 bits per heavy atom. The van der Waals surface area contributed by atoms with E-state index in [1.807, 2.05) is 6.92 Å². The number of hydrogen-bond acceptors (Lipinski definition) is 2. The number of aryl methyl sites for hydroxylation is 1. The fourth-order valence-electron chi connectivity index (χ4n) is 2.80. The highest BCUT2D eigenvalue weighted by atomic mass is 16.4. The molecule has 0 bridgehead atoms. The Labute approximate surface area is 115 Å². The minimum Gasteiger partial charge on any atom is -0.481 e. The number of carboxylic acid groups (broad SMARTS) is 1. The van der Waals surface area contributed by atoms with Gasteiger partial charge in [0.25, 0.3) is 0 Å². The molecule has 3 heteroatoms. The van der Waals surface area contributed by atoms with E-state index in [1.54, 1.807) is 0 Å². The van der Waals surface area contributed by atoms with Gasteiger partial charge in [-0.25, -0.2) is 0 Å². The molecule has 1 aliphatic rings. The normalized spacial score (nSPS) is 21.5. The Morgan fingerprint density at radius 2 is 2.11 bits per heavy atom. The summed E-state index contributed by atoms with van der Waals surface area (Å²) in [4.78, 5) is 13.3. The smallest absolute Gasteiger partial charge is 0.306 e. The van der Waals surface area contributed by atoms with Crippen molar-refractivity contribution in [3.05, 3.63) is 35.4 Å². The van der Waals surface area contributed by atoms with Crippen molar-refractivity contribution in [2.75, 3.05) is 13.1 Å². The van der Waals surface area contributed by atoms with Gasteiger partial charge in [0.15, 0.2) is 0 Å². The summed E-state index contributed by atoms with van der Waals surface area (Å²) in [5.41, 5.74) is 2.64. The summed E-state index contributed by atoms with van der Waals surface area (Å²) in [5.74, 6) is -0.349. The molecule has 1 aliphatic heterocycles. The number of nitrogens with zero attached hydrogens (tertiary/aromatic N) is 1. The molecule has 1 fully saturated rings. The average molecular weight is 261 g/mol. The molecule has 1 aromatic carbocycles. The van der Waals surface area contributed by atoms with Crippen LogP contribution in [0.5, 0.6) is 0 Å². The van der Waals surface area contributed by atoms with Crippen molar-refractivity contribution < 1.29 is 9.90 Å². The second-order valence-electron chi connectivity index (χ2n) is 5.85. The van der Waals surface area contributed by atoms with Crippen LogP contribution in [0.3, 0.4) is 0 Å². The van der Waals surface area contributed by atoms with E-state index in [1.165, 1.54) is 11.1 Å². The van der Waals surface area contributed by atoms with Crippen molar-refractivity contribution in [3.8, 4) is 0 Å². The number of likely N-dealkylation sites (tertiary alicyclic amines) is 1. The minimum absolute atomic E-state index is 0.218. The zero-order valence-corrected chi connectivity index (χ0v) is 11.8.